The van der Waals surface area contributed by atoms with Crippen LogP contribution in [0.1, 0.15) is 22.3 Å². The van der Waals surface area contributed by atoms with Gasteiger partial charge in [0.1, 0.15) is 25.6 Å². The van der Waals surface area contributed by atoms with Gasteiger partial charge in [0.2, 0.25) is 0 Å². The number of hydrogen-bond donors (Lipinski definition) is 0. The lowest BCUT2D eigenvalue weighted by Gasteiger charge is -2.27. The molecule has 3 aromatic rings. The smallest absolute Gasteiger partial charge is 0.416 e. The fourth-order valence-corrected chi connectivity index (χ4v) is 5.13. The highest BCUT2D eigenvalue weighted by Crippen LogP contribution is 2.54. The molecule has 0 bridgehead atoms. The van der Waals surface area contributed by atoms with Gasteiger partial charge in [0.15, 0.2) is 11.5 Å². The minimum absolute atomic E-state index is 0.161. The van der Waals surface area contributed by atoms with Crippen molar-refractivity contribution in [1.29, 1.82) is 0 Å². The first-order valence-corrected chi connectivity index (χ1v) is 10.5. The van der Waals surface area contributed by atoms with Crippen molar-refractivity contribution in [3.63, 3.8) is 0 Å². The van der Waals surface area contributed by atoms with Gasteiger partial charge in [0.05, 0.1) is 11.0 Å². The van der Waals surface area contributed by atoms with Crippen LogP contribution in [0.25, 0.3) is 0 Å². The van der Waals surface area contributed by atoms with Crippen LogP contribution in [0.4, 0.5) is 18.9 Å². The van der Waals surface area contributed by atoms with Crippen LogP contribution in [0.3, 0.4) is 0 Å². The largest absolute Gasteiger partial charge is 0.492 e. The zero-order valence-corrected chi connectivity index (χ0v) is 17.1. The molecular formula is C25H20F3NO3. The predicted molar refractivity (Wildman–Crippen MR) is 113 cm³/mol. The van der Waals surface area contributed by atoms with E-state index in [0.29, 0.717) is 37.9 Å². The summed E-state index contributed by atoms with van der Waals surface area (Å²) < 4.78 is 58.4. The third-order valence-electron chi connectivity index (χ3n) is 6.54. The lowest BCUT2D eigenvalue weighted by atomic mass is 9.77. The third kappa shape index (κ3) is 2.83. The van der Waals surface area contributed by atoms with E-state index in [4.69, 9.17) is 14.2 Å². The minimum Gasteiger partial charge on any atom is -0.492 e. The van der Waals surface area contributed by atoms with Gasteiger partial charge in [0.25, 0.3) is 0 Å². The van der Waals surface area contributed by atoms with Crippen molar-refractivity contribution in [2.75, 3.05) is 31.3 Å². The molecule has 0 unspecified atom stereocenters. The monoisotopic (exact) mass is 439 g/mol. The Bertz CT molecular complexity index is 1210. The number of nitrogens with zero attached hydrogens (tertiary/aromatic N) is 1. The van der Waals surface area contributed by atoms with Crippen molar-refractivity contribution in [1.82, 2.24) is 0 Å². The molecule has 0 radical (unpaired) electrons. The second-order valence-corrected chi connectivity index (χ2v) is 8.39. The van der Waals surface area contributed by atoms with Crippen LogP contribution in [-0.4, -0.2) is 26.4 Å². The van der Waals surface area contributed by atoms with E-state index in [0.717, 1.165) is 28.6 Å². The predicted octanol–water partition coefficient (Wildman–Crippen LogP) is 5.18. The van der Waals surface area contributed by atoms with Crippen molar-refractivity contribution in [3.8, 4) is 17.2 Å². The third-order valence-corrected chi connectivity index (χ3v) is 6.54. The van der Waals surface area contributed by atoms with Crippen LogP contribution in [-0.2, 0) is 18.1 Å². The Morgan fingerprint density at radius 1 is 0.812 bits per heavy atom. The van der Waals surface area contributed by atoms with Crippen LogP contribution >= 0.6 is 0 Å². The van der Waals surface area contributed by atoms with Crippen molar-refractivity contribution in [3.05, 3.63) is 82.9 Å². The minimum atomic E-state index is -4.40. The number of hydrogen-bond acceptors (Lipinski definition) is 4. The van der Waals surface area contributed by atoms with E-state index in [1.165, 1.54) is 6.07 Å². The second-order valence-electron chi connectivity index (χ2n) is 8.39. The summed E-state index contributed by atoms with van der Waals surface area (Å²) >= 11 is 0. The van der Waals surface area contributed by atoms with Crippen molar-refractivity contribution in [2.24, 2.45) is 0 Å². The molecule has 0 saturated carbocycles. The Balaban J connectivity index is 1.43. The molecule has 0 amide bonds. The average Bonchev–Trinajstić information content (AvgIpc) is 3.30. The van der Waals surface area contributed by atoms with Gasteiger partial charge in [-0.3, -0.25) is 0 Å². The number of alkyl halides is 3. The van der Waals surface area contributed by atoms with Gasteiger partial charge < -0.3 is 19.1 Å². The van der Waals surface area contributed by atoms with Crippen LogP contribution < -0.4 is 19.1 Å². The van der Waals surface area contributed by atoms with E-state index in [2.05, 4.69) is 0 Å². The van der Waals surface area contributed by atoms with E-state index in [9.17, 15) is 13.2 Å². The first-order valence-electron chi connectivity index (χ1n) is 10.5. The molecule has 3 aromatic carbocycles. The Kier molecular flexibility index (Phi) is 4.12. The number of benzene rings is 3. The van der Waals surface area contributed by atoms with Crippen molar-refractivity contribution in [2.45, 2.75) is 18.1 Å². The molecule has 164 valence electrons. The summed E-state index contributed by atoms with van der Waals surface area (Å²) in [5, 5.41) is 0. The molecule has 0 aliphatic carbocycles. The van der Waals surface area contributed by atoms with Crippen molar-refractivity contribution < 1.29 is 27.4 Å². The van der Waals surface area contributed by atoms with Crippen LogP contribution in [0, 0.1) is 0 Å². The molecule has 3 heterocycles. The number of rotatable bonds is 2. The molecule has 0 saturated heterocycles. The first kappa shape index (κ1) is 19.3. The molecule has 7 heteroatoms. The summed E-state index contributed by atoms with van der Waals surface area (Å²) in [6.07, 6.45) is -4.40. The lowest BCUT2D eigenvalue weighted by molar-refractivity contribution is -0.138. The fourth-order valence-electron chi connectivity index (χ4n) is 5.13. The molecule has 0 aromatic heterocycles. The Labute approximate surface area is 183 Å². The maximum atomic E-state index is 13.6. The van der Waals surface area contributed by atoms with Gasteiger partial charge in [-0.15, -0.1) is 0 Å². The maximum Gasteiger partial charge on any atom is 0.416 e. The number of fused-ring (bicyclic) bond motifs is 5. The zero-order valence-electron chi connectivity index (χ0n) is 17.1. The number of halogens is 3. The highest BCUT2D eigenvalue weighted by atomic mass is 19.4. The molecule has 4 nitrogen and oxygen atoms in total. The van der Waals surface area contributed by atoms with Gasteiger partial charge in [0, 0.05) is 30.4 Å². The van der Waals surface area contributed by atoms with E-state index < -0.39 is 17.2 Å². The SMILES string of the molecule is FC(F)(F)c1ccccc1CN1C[C@]2(COc3cc4c(cc32)OCCO4)c2ccccc21. The topological polar surface area (TPSA) is 30.9 Å². The molecule has 6 rings (SSSR count). The number of para-hydroxylation sites is 1. The first-order chi connectivity index (χ1) is 15.5. The quantitative estimate of drug-likeness (QED) is 0.551. The fraction of sp³-hybridized carbons (Fsp3) is 0.280. The average molecular weight is 439 g/mol. The summed E-state index contributed by atoms with van der Waals surface area (Å²) in [6.45, 7) is 2.07. The van der Waals surface area contributed by atoms with Gasteiger partial charge >= 0.3 is 6.18 Å². The van der Waals surface area contributed by atoms with Crippen LogP contribution in [0.5, 0.6) is 17.2 Å². The standard InChI is InChI=1S/C25H20F3NO3/c26-25(27,28)17-6-2-1-5-16(17)13-29-14-24(18-7-3-4-8-20(18)29)15-32-21-12-23-22(11-19(21)24)30-9-10-31-23/h1-8,11-12H,9-10,13-15H2/t24-/m0/s1. The number of anilines is 1. The molecule has 32 heavy (non-hydrogen) atoms. The van der Waals surface area contributed by atoms with Gasteiger partial charge in [-0.2, -0.15) is 13.2 Å². The molecule has 1 spiro atoms. The zero-order chi connectivity index (χ0) is 21.9. The summed E-state index contributed by atoms with van der Waals surface area (Å²) in [7, 11) is 0. The molecule has 0 N–H and O–H groups in total. The molecule has 0 fully saturated rings. The van der Waals surface area contributed by atoms with Gasteiger partial charge in [-0.25, -0.2) is 0 Å². The van der Waals surface area contributed by atoms with E-state index in [1.807, 2.05) is 41.3 Å². The van der Waals surface area contributed by atoms with Crippen molar-refractivity contribution >= 4 is 5.69 Å². The van der Waals surface area contributed by atoms with E-state index in [-0.39, 0.29) is 12.1 Å². The molecule has 1 atom stereocenters. The molecule has 3 aliphatic heterocycles. The lowest BCUT2D eigenvalue weighted by Crippen LogP contribution is -2.36. The highest BCUT2D eigenvalue weighted by molar-refractivity contribution is 5.71. The summed E-state index contributed by atoms with van der Waals surface area (Å²) in [5.41, 5.74) is 2.15. The Morgan fingerprint density at radius 3 is 2.34 bits per heavy atom. The Hall–Kier alpha value is -3.35. The maximum absolute atomic E-state index is 13.6. The Morgan fingerprint density at radius 2 is 1.53 bits per heavy atom. The highest BCUT2D eigenvalue weighted by Gasteiger charge is 2.50. The van der Waals surface area contributed by atoms with E-state index in [1.54, 1.807) is 12.1 Å². The molecular weight excluding hydrogens is 419 g/mol. The van der Waals surface area contributed by atoms with E-state index >= 15 is 0 Å². The normalized spacial score (nSPS) is 20.8. The van der Waals surface area contributed by atoms with Crippen LogP contribution in [0.15, 0.2) is 60.7 Å². The second kappa shape index (κ2) is 6.82. The van der Waals surface area contributed by atoms with Gasteiger partial charge in [-0.1, -0.05) is 36.4 Å². The van der Waals surface area contributed by atoms with Gasteiger partial charge in [-0.05, 0) is 29.3 Å². The van der Waals surface area contributed by atoms with Crippen LogP contribution in [0.2, 0.25) is 0 Å². The summed E-state index contributed by atoms with van der Waals surface area (Å²) in [6, 6.07) is 17.5. The summed E-state index contributed by atoms with van der Waals surface area (Å²) in [4.78, 5) is 2.02. The summed E-state index contributed by atoms with van der Waals surface area (Å²) in [5.74, 6) is 2.08. The molecule has 3 aliphatic rings. The number of ether oxygens (including phenoxy) is 3.